The summed E-state index contributed by atoms with van der Waals surface area (Å²) in [4.78, 5) is 7.70. The number of hydrogen-bond acceptors (Lipinski definition) is 3. The maximum absolute atomic E-state index is 12.5. The Balaban J connectivity index is 1.96. The molecule has 0 saturated heterocycles. The van der Waals surface area contributed by atoms with Crippen LogP contribution in [-0.2, 0) is 0 Å². The van der Waals surface area contributed by atoms with Crippen LogP contribution in [0.4, 0.5) is 10.3 Å². The summed E-state index contributed by atoms with van der Waals surface area (Å²) in [6, 6.07) is 0.380. The van der Waals surface area contributed by atoms with E-state index < -0.39 is 5.82 Å². The van der Waals surface area contributed by atoms with Crippen LogP contribution < -0.4 is 5.32 Å². The van der Waals surface area contributed by atoms with Crippen LogP contribution in [0.3, 0.4) is 0 Å². The maximum Gasteiger partial charge on any atom is 0.223 e. The minimum absolute atomic E-state index is 0.380. The molecule has 1 N–H and O–H groups in total. The Morgan fingerprint density at radius 2 is 2.07 bits per heavy atom. The van der Waals surface area contributed by atoms with E-state index in [0.717, 1.165) is 19.3 Å². The third-order valence-corrected chi connectivity index (χ3v) is 2.22. The summed E-state index contributed by atoms with van der Waals surface area (Å²) in [5.74, 6) is 0.103. The van der Waals surface area contributed by atoms with Crippen molar-refractivity contribution in [1.82, 2.24) is 9.97 Å². The zero-order valence-electron chi connectivity index (χ0n) is 7.78. The van der Waals surface area contributed by atoms with E-state index in [9.17, 15) is 4.39 Å². The van der Waals surface area contributed by atoms with E-state index in [-0.39, 0.29) is 0 Å². The van der Waals surface area contributed by atoms with Gasteiger partial charge in [0.25, 0.3) is 0 Å². The number of rotatable bonds is 2. The molecule has 0 saturated carbocycles. The molecule has 0 fully saturated rings. The Morgan fingerprint density at radius 1 is 1.29 bits per heavy atom. The average molecular weight is 193 g/mol. The molecule has 1 atom stereocenters. The van der Waals surface area contributed by atoms with Crippen molar-refractivity contribution in [2.75, 3.05) is 5.32 Å². The molecule has 0 aromatic carbocycles. The zero-order valence-corrected chi connectivity index (χ0v) is 7.78. The summed E-state index contributed by atoms with van der Waals surface area (Å²) in [7, 11) is 0. The molecule has 74 valence electrons. The van der Waals surface area contributed by atoms with Crippen LogP contribution in [0.25, 0.3) is 0 Å². The van der Waals surface area contributed by atoms with Crippen molar-refractivity contribution >= 4 is 5.95 Å². The third kappa shape index (κ3) is 2.28. The molecular formula is C10H12FN3. The van der Waals surface area contributed by atoms with Crippen molar-refractivity contribution < 1.29 is 4.39 Å². The lowest BCUT2D eigenvalue weighted by Gasteiger charge is -2.18. The summed E-state index contributed by atoms with van der Waals surface area (Å²) >= 11 is 0. The molecule has 1 aliphatic carbocycles. The molecule has 0 aliphatic heterocycles. The first-order valence-electron chi connectivity index (χ1n) is 4.73. The first-order chi connectivity index (χ1) is 6.84. The van der Waals surface area contributed by atoms with Crippen LogP contribution in [0, 0.1) is 5.82 Å². The molecule has 0 bridgehead atoms. The molecule has 1 aliphatic rings. The lowest BCUT2D eigenvalue weighted by atomic mass is 10.0. The van der Waals surface area contributed by atoms with Gasteiger partial charge in [-0.1, -0.05) is 12.2 Å². The van der Waals surface area contributed by atoms with Crippen molar-refractivity contribution in [2.45, 2.75) is 25.3 Å². The SMILES string of the molecule is Fc1cnc(NC2CC=CCC2)nc1. The quantitative estimate of drug-likeness (QED) is 0.731. The van der Waals surface area contributed by atoms with Crippen molar-refractivity contribution in [1.29, 1.82) is 0 Å². The number of nitrogens with one attached hydrogen (secondary N) is 1. The lowest BCUT2D eigenvalue weighted by molar-refractivity contribution is 0.608. The van der Waals surface area contributed by atoms with Crippen molar-refractivity contribution in [3.05, 3.63) is 30.4 Å². The summed E-state index contributed by atoms with van der Waals surface area (Å²) in [6.45, 7) is 0. The molecule has 1 aromatic heterocycles. The molecule has 2 rings (SSSR count). The number of halogens is 1. The van der Waals surface area contributed by atoms with Gasteiger partial charge in [-0.15, -0.1) is 0 Å². The second-order valence-corrected chi connectivity index (χ2v) is 3.35. The molecular weight excluding hydrogens is 181 g/mol. The highest BCUT2D eigenvalue weighted by atomic mass is 19.1. The van der Waals surface area contributed by atoms with Crippen molar-refractivity contribution in [2.24, 2.45) is 0 Å². The van der Waals surface area contributed by atoms with Gasteiger partial charge in [-0.3, -0.25) is 0 Å². The van der Waals surface area contributed by atoms with Gasteiger partial charge in [0.2, 0.25) is 5.95 Å². The lowest BCUT2D eigenvalue weighted by Crippen LogP contribution is -2.21. The predicted molar refractivity (Wildman–Crippen MR) is 52.4 cm³/mol. The molecule has 1 heterocycles. The van der Waals surface area contributed by atoms with Crippen LogP contribution in [0.15, 0.2) is 24.5 Å². The molecule has 3 nitrogen and oxygen atoms in total. The van der Waals surface area contributed by atoms with E-state index in [2.05, 4.69) is 27.4 Å². The fraction of sp³-hybridized carbons (Fsp3) is 0.400. The molecule has 0 radical (unpaired) electrons. The third-order valence-electron chi connectivity index (χ3n) is 2.22. The maximum atomic E-state index is 12.5. The average Bonchev–Trinajstić information content (AvgIpc) is 2.23. The predicted octanol–water partition coefficient (Wildman–Crippen LogP) is 2.14. The zero-order chi connectivity index (χ0) is 9.80. The van der Waals surface area contributed by atoms with Gasteiger partial charge in [0.05, 0.1) is 12.4 Å². The summed E-state index contributed by atoms with van der Waals surface area (Å²) in [5.41, 5.74) is 0. The van der Waals surface area contributed by atoms with E-state index >= 15 is 0 Å². The Labute approximate surface area is 82.1 Å². The molecule has 1 aromatic rings. The van der Waals surface area contributed by atoms with Gasteiger partial charge >= 0.3 is 0 Å². The van der Waals surface area contributed by atoms with Crippen molar-refractivity contribution in [3.63, 3.8) is 0 Å². The second-order valence-electron chi connectivity index (χ2n) is 3.35. The fourth-order valence-corrected chi connectivity index (χ4v) is 1.49. The highest BCUT2D eigenvalue weighted by molar-refractivity contribution is 5.25. The number of hydrogen-bond donors (Lipinski definition) is 1. The molecule has 14 heavy (non-hydrogen) atoms. The van der Waals surface area contributed by atoms with E-state index in [0.29, 0.717) is 12.0 Å². The summed E-state index contributed by atoms with van der Waals surface area (Å²) in [5, 5.41) is 3.17. The Hall–Kier alpha value is -1.45. The van der Waals surface area contributed by atoms with Crippen LogP contribution in [0.5, 0.6) is 0 Å². The number of allylic oxidation sites excluding steroid dienone is 1. The molecule has 4 heteroatoms. The van der Waals surface area contributed by atoms with Gasteiger partial charge in [-0.25, -0.2) is 14.4 Å². The van der Waals surface area contributed by atoms with Gasteiger partial charge in [-0.05, 0) is 19.3 Å². The normalized spacial score (nSPS) is 20.8. The van der Waals surface area contributed by atoms with E-state index in [4.69, 9.17) is 0 Å². The summed E-state index contributed by atoms with van der Waals surface area (Å²) < 4.78 is 12.5. The van der Waals surface area contributed by atoms with E-state index in [1.807, 2.05) is 0 Å². The minimum Gasteiger partial charge on any atom is -0.351 e. The number of nitrogens with zero attached hydrogens (tertiary/aromatic N) is 2. The van der Waals surface area contributed by atoms with Gasteiger partial charge in [0.15, 0.2) is 5.82 Å². The fourth-order valence-electron chi connectivity index (χ4n) is 1.49. The van der Waals surface area contributed by atoms with Crippen LogP contribution >= 0.6 is 0 Å². The van der Waals surface area contributed by atoms with Crippen molar-refractivity contribution in [3.8, 4) is 0 Å². The topological polar surface area (TPSA) is 37.8 Å². The number of aromatic nitrogens is 2. The second kappa shape index (κ2) is 4.17. The van der Waals surface area contributed by atoms with E-state index in [1.165, 1.54) is 12.4 Å². The molecule has 0 amide bonds. The molecule has 1 unspecified atom stereocenters. The van der Waals surface area contributed by atoms with Gasteiger partial charge < -0.3 is 5.32 Å². The smallest absolute Gasteiger partial charge is 0.223 e. The number of anilines is 1. The van der Waals surface area contributed by atoms with Gasteiger partial charge in [0, 0.05) is 6.04 Å². The Morgan fingerprint density at radius 3 is 2.71 bits per heavy atom. The van der Waals surface area contributed by atoms with E-state index in [1.54, 1.807) is 0 Å². The Kier molecular flexibility index (Phi) is 2.72. The highest BCUT2D eigenvalue weighted by Gasteiger charge is 2.10. The van der Waals surface area contributed by atoms with Gasteiger partial charge in [0.1, 0.15) is 0 Å². The summed E-state index contributed by atoms with van der Waals surface area (Å²) in [6.07, 6.45) is 9.81. The standard InChI is InChI=1S/C10H12FN3/c11-8-6-12-10(13-7-8)14-9-4-2-1-3-5-9/h1-2,6-7,9H,3-5H2,(H,12,13,14). The largest absolute Gasteiger partial charge is 0.351 e. The first kappa shape index (κ1) is 9.12. The van der Waals surface area contributed by atoms with Crippen LogP contribution in [0.1, 0.15) is 19.3 Å². The monoisotopic (exact) mass is 193 g/mol. The molecule has 0 spiro atoms. The van der Waals surface area contributed by atoms with Gasteiger partial charge in [-0.2, -0.15) is 0 Å². The minimum atomic E-state index is -0.404. The highest BCUT2D eigenvalue weighted by Crippen LogP contribution is 2.14. The Bertz CT molecular complexity index is 321. The van der Waals surface area contributed by atoms with Crippen LogP contribution in [-0.4, -0.2) is 16.0 Å². The van der Waals surface area contributed by atoms with Crippen LogP contribution in [0.2, 0.25) is 0 Å². The first-order valence-corrected chi connectivity index (χ1v) is 4.73.